The minimum atomic E-state index is 0.146. The first-order chi connectivity index (χ1) is 7.79. The van der Waals surface area contributed by atoms with Gasteiger partial charge >= 0.3 is 0 Å². The molecule has 3 aliphatic rings. The molecule has 0 aromatic heterocycles. The molecule has 3 rings (SSSR count). The molecule has 0 bridgehead atoms. The summed E-state index contributed by atoms with van der Waals surface area (Å²) in [6.07, 6.45) is 5.37. The first-order valence-corrected chi connectivity index (χ1v) is 6.46. The molecule has 1 aliphatic carbocycles. The minimum absolute atomic E-state index is 0.146. The molecular formula is C12H20N2O2. The van der Waals surface area contributed by atoms with Gasteiger partial charge in [-0.3, -0.25) is 4.79 Å². The quantitative estimate of drug-likeness (QED) is 0.706. The Morgan fingerprint density at radius 3 is 3.00 bits per heavy atom. The first kappa shape index (κ1) is 10.5. The van der Waals surface area contributed by atoms with E-state index >= 15 is 0 Å². The van der Waals surface area contributed by atoms with Crippen LogP contribution < -0.4 is 5.73 Å². The SMILES string of the molecule is NC1C2CCCOC2C1N1CCCCC1=O. The van der Waals surface area contributed by atoms with Gasteiger partial charge in [0.05, 0.1) is 12.1 Å². The average molecular weight is 224 g/mol. The second-order valence-corrected chi connectivity index (χ2v) is 5.25. The van der Waals surface area contributed by atoms with Crippen LogP contribution in [-0.4, -0.2) is 42.1 Å². The van der Waals surface area contributed by atoms with Gasteiger partial charge in [-0.05, 0) is 25.7 Å². The normalized spacial score (nSPS) is 43.8. The van der Waals surface area contributed by atoms with Crippen molar-refractivity contribution in [3.05, 3.63) is 0 Å². The second-order valence-electron chi connectivity index (χ2n) is 5.25. The summed E-state index contributed by atoms with van der Waals surface area (Å²) in [4.78, 5) is 13.9. The number of carbonyl (C=O) groups excluding carboxylic acids is 1. The van der Waals surface area contributed by atoms with Crippen LogP contribution in [0, 0.1) is 5.92 Å². The lowest BCUT2D eigenvalue weighted by molar-refractivity contribution is -0.172. The third-order valence-corrected chi connectivity index (χ3v) is 4.36. The Labute approximate surface area is 96.1 Å². The second kappa shape index (κ2) is 4.00. The van der Waals surface area contributed by atoms with Crippen molar-refractivity contribution < 1.29 is 9.53 Å². The van der Waals surface area contributed by atoms with Crippen molar-refractivity contribution in [1.29, 1.82) is 0 Å². The monoisotopic (exact) mass is 224 g/mol. The Kier molecular flexibility index (Phi) is 2.64. The fourth-order valence-electron chi connectivity index (χ4n) is 3.44. The maximum atomic E-state index is 11.9. The molecule has 4 unspecified atom stereocenters. The molecule has 2 aliphatic heterocycles. The van der Waals surface area contributed by atoms with Crippen LogP contribution >= 0.6 is 0 Å². The lowest BCUT2D eigenvalue weighted by atomic mass is 9.67. The third-order valence-electron chi connectivity index (χ3n) is 4.36. The van der Waals surface area contributed by atoms with Crippen LogP contribution in [0.5, 0.6) is 0 Å². The largest absolute Gasteiger partial charge is 0.376 e. The predicted molar refractivity (Wildman–Crippen MR) is 59.8 cm³/mol. The van der Waals surface area contributed by atoms with Gasteiger partial charge in [0, 0.05) is 31.5 Å². The lowest BCUT2D eigenvalue weighted by Crippen LogP contribution is -2.73. The molecule has 0 spiro atoms. The summed E-state index contributed by atoms with van der Waals surface area (Å²) in [5.74, 6) is 0.771. The summed E-state index contributed by atoms with van der Waals surface area (Å²) in [5.41, 5.74) is 6.20. The minimum Gasteiger partial charge on any atom is -0.376 e. The predicted octanol–water partition coefficient (Wildman–Crippen LogP) is 0.504. The first-order valence-electron chi connectivity index (χ1n) is 6.46. The average Bonchev–Trinajstić information content (AvgIpc) is 2.31. The van der Waals surface area contributed by atoms with E-state index in [0.29, 0.717) is 12.3 Å². The van der Waals surface area contributed by atoms with Crippen molar-refractivity contribution in [2.24, 2.45) is 11.7 Å². The van der Waals surface area contributed by atoms with Gasteiger partial charge in [-0.1, -0.05) is 0 Å². The van der Waals surface area contributed by atoms with Gasteiger partial charge < -0.3 is 15.4 Å². The van der Waals surface area contributed by atoms with Crippen LogP contribution in [0.3, 0.4) is 0 Å². The molecule has 0 aromatic carbocycles. The van der Waals surface area contributed by atoms with E-state index in [9.17, 15) is 4.79 Å². The molecule has 16 heavy (non-hydrogen) atoms. The van der Waals surface area contributed by atoms with Gasteiger partial charge in [-0.15, -0.1) is 0 Å². The third kappa shape index (κ3) is 1.47. The highest BCUT2D eigenvalue weighted by molar-refractivity contribution is 5.77. The topological polar surface area (TPSA) is 55.6 Å². The Balaban J connectivity index is 1.72. The number of carbonyl (C=O) groups is 1. The molecular weight excluding hydrogens is 204 g/mol. The number of hydrogen-bond donors (Lipinski definition) is 1. The Hall–Kier alpha value is -0.610. The molecule has 2 heterocycles. The molecule has 2 saturated heterocycles. The van der Waals surface area contributed by atoms with E-state index < -0.39 is 0 Å². The van der Waals surface area contributed by atoms with E-state index in [0.717, 1.165) is 32.4 Å². The van der Waals surface area contributed by atoms with Gasteiger partial charge in [-0.25, -0.2) is 0 Å². The van der Waals surface area contributed by atoms with Gasteiger partial charge in [0.15, 0.2) is 0 Å². The van der Waals surface area contributed by atoms with Crippen molar-refractivity contribution in [3.8, 4) is 0 Å². The number of nitrogens with two attached hydrogens (primary N) is 1. The summed E-state index contributed by atoms with van der Waals surface area (Å²) in [5, 5.41) is 0. The number of likely N-dealkylation sites (tertiary alicyclic amines) is 1. The molecule has 0 radical (unpaired) electrons. The number of amides is 1. The van der Waals surface area contributed by atoms with E-state index in [1.54, 1.807) is 0 Å². The maximum absolute atomic E-state index is 11.9. The number of hydrogen-bond acceptors (Lipinski definition) is 3. The van der Waals surface area contributed by atoms with Gasteiger partial charge in [0.1, 0.15) is 0 Å². The molecule has 4 nitrogen and oxygen atoms in total. The van der Waals surface area contributed by atoms with Crippen LogP contribution in [0.25, 0.3) is 0 Å². The van der Waals surface area contributed by atoms with Crippen molar-refractivity contribution >= 4 is 5.91 Å². The van der Waals surface area contributed by atoms with Crippen molar-refractivity contribution in [1.82, 2.24) is 4.90 Å². The summed E-state index contributed by atoms with van der Waals surface area (Å²) in [7, 11) is 0. The highest BCUT2D eigenvalue weighted by Gasteiger charge is 2.54. The molecule has 3 fully saturated rings. The van der Waals surface area contributed by atoms with Crippen LogP contribution in [0.4, 0.5) is 0 Å². The fourth-order valence-corrected chi connectivity index (χ4v) is 3.44. The smallest absolute Gasteiger partial charge is 0.222 e. The van der Waals surface area contributed by atoms with E-state index in [1.165, 1.54) is 6.42 Å². The Morgan fingerprint density at radius 1 is 1.31 bits per heavy atom. The molecule has 0 aromatic rings. The number of piperidine rings is 1. The zero-order valence-corrected chi connectivity index (χ0v) is 9.60. The van der Waals surface area contributed by atoms with Crippen molar-refractivity contribution in [2.75, 3.05) is 13.2 Å². The summed E-state index contributed by atoms with van der Waals surface area (Å²) in [6, 6.07) is 0.311. The van der Waals surface area contributed by atoms with Crippen LogP contribution in [0.15, 0.2) is 0 Å². The molecule has 2 N–H and O–H groups in total. The zero-order valence-electron chi connectivity index (χ0n) is 9.60. The summed E-state index contributed by atoms with van der Waals surface area (Å²) < 4.78 is 5.79. The fraction of sp³-hybridized carbons (Fsp3) is 0.917. The molecule has 4 heteroatoms. The number of nitrogens with zero attached hydrogens (tertiary/aromatic N) is 1. The molecule has 1 saturated carbocycles. The highest BCUT2D eigenvalue weighted by Crippen LogP contribution is 2.40. The molecule has 1 amide bonds. The summed E-state index contributed by atoms with van der Waals surface area (Å²) >= 11 is 0. The highest BCUT2D eigenvalue weighted by atomic mass is 16.5. The van der Waals surface area contributed by atoms with Crippen molar-refractivity contribution in [2.45, 2.75) is 50.3 Å². The van der Waals surface area contributed by atoms with Crippen LogP contribution in [-0.2, 0) is 9.53 Å². The molecule has 4 atom stereocenters. The summed E-state index contributed by atoms with van der Waals surface area (Å²) in [6.45, 7) is 1.72. The van der Waals surface area contributed by atoms with E-state index in [2.05, 4.69) is 0 Å². The number of rotatable bonds is 1. The van der Waals surface area contributed by atoms with E-state index in [1.807, 2.05) is 4.90 Å². The number of fused-ring (bicyclic) bond motifs is 1. The van der Waals surface area contributed by atoms with E-state index in [-0.39, 0.29) is 24.1 Å². The van der Waals surface area contributed by atoms with E-state index in [4.69, 9.17) is 10.5 Å². The number of ether oxygens (including phenoxy) is 1. The van der Waals surface area contributed by atoms with Gasteiger partial charge in [0.2, 0.25) is 5.91 Å². The van der Waals surface area contributed by atoms with Crippen LogP contribution in [0.2, 0.25) is 0 Å². The maximum Gasteiger partial charge on any atom is 0.222 e. The van der Waals surface area contributed by atoms with Crippen molar-refractivity contribution in [3.63, 3.8) is 0 Å². The molecule has 90 valence electrons. The lowest BCUT2D eigenvalue weighted by Gasteiger charge is -2.56. The van der Waals surface area contributed by atoms with Crippen LogP contribution in [0.1, 0.15) is 32.1 Å². The van der Waals surface area contributed by atoms with Gasteiger partial charge in [0.25, 0.3) is 0 Å². The Morgan fingerprint density at radius 2 is 2.19 bits per heavy atom. The Bertz CT molecular complexity index is 295. The standard InChI is InChI=1S/C12H20N2O2/c13-10-8-4-3-7-16-12(8)11(10)14-6-2-1-5-9(14)15/h8,10-12H,1-7,13H2. The van der Waals surface area contributed by atoms with Gasteiger partial charge in [-0.2, -0.15) is 0 Å². The zero-order chi connectivity index (χ0) is 11.1.